The summed E-state index contributed by atoms with van der Waals surface area (Å²) in [6, 6.07) is 7.52. The highest BCUT2D eigenvalue weighted by atomic mass is 32.2. The summed E-state index contributed by atoms with van der Waals surface area (Å²) in [5.74, 6) is 1.06. The number of sulfonamides is 1. The quantitative estimate of drug-likeness (QED) is 0.793. The lowest BCUT2D eigenvalue weighted by Crippen LogP contribution is -2.14. The molecule has 8 heteroatoms. The first-order chi connectivity index (χ1) is 8.55. The van der Waals surface area contributed by atoms with Gasteiger partial charge in [0.1, 0.15) is 18.2 Å². The molecule has 0 saturated carbocycles. The van der Waals surface area contributed by atoms with Gasteiger partial charge >= 0.3 is 0 Å². The van der Waals surface area contributed by atoms with Crippen LogP contribution in [0.3, 0.4) is 0 Å². The maximum Gasteiger partial charge on any atom is 0.282 e. The van der Waals surface area contributed by atoms with Gasteiger partial charge in [0.25, 0.3) is 15.2 Å². The van der Waals surface area contributed by atoms with Crippen LogP contribution in [0.15, 0.2) is 29.4 Å². The minimum absolute atomic E-state index is 0.149. The number of fused-ring (bicyclic) bond motifs is 1. The monoisotopic (exact) mass is 266 g/mol. The smallest absolute Gasteiger partial charge is 0.282 e. The Kier molecular flexibility index (Phi) is 2.35. The first kappa shape index (κ1) is 11.2. The summed E-state index contributed by atoms with van der Waals surface area (Å²) in [6.45, 7) is 0.401. The molecule has 3 rings (SSSR count). The van der Waals surface area contributed by atoms with Gasteiger partial charge in [-0.2, -0.15) is 0 Å². The van der Waals surface area contributed by atoms with Crippen LogP contribution >= 0.6 is 0 Å². The Morgan fingerprint density at radius 2 is 2.17 bits per heavy atom. The van der Waals surface area contributed by atoms with Gasteiger partial charge in [-0.1, -0.05) is 18.2 Å². The predicted molar refractivity (Wildman–Crippen MR) is 61.5 cm³/mol. The highest BCUT2D eigenvalue weighted by Crippen LogP contribution is 2.36. The fourth-order valence-electron chi connectivity index (χ4n) is 1.93. The van der Waals surface area contributed by atoms with Gasteiger partial charge in [0.05, 0.1) is 5.92 Å². The van der Waals surface area contributed by atoms with Gasteiger partial charge in [-0.15, -0.1) is 5.10 Å². The summed E-state index contributed by atoms with van der Waals surface area (Å²) in [7, 11) is -3.88. The van der Waals surface area contributed by atoms with Gasteiger partial charge in [-0.05, 0) is 6.07 Å². The van der Waals surface area contributed by atoms with Crippen molar-refractivity contribution < 1.29 is 13.2 Å². The molecule has 1 atom stereocenters. The molecule has 0 spiro atoms. The molecule has 1 aromatic carbocycles. The zero-order valence-electron chi connectivity index (χ0n) is 9.20. The minimum atomic E-state index is -3.88. The summed E-state index contributed by atoms with van der Waals surface area (Å²) < 4.78 is 27.7. The number of aromatic amines is 1. The van der Waals surface area contributed by atoms with Gasteiger partial charge in [0.15, 0.2) is 0 Å². The molecule has 1 aliphatic rings. The van der Waals surface area contributed by atoms with Gasteiger partial charge in [0, 0.05) is 5.56 Å². The zero-order valence-corrected chi connectivity index (χ0v) is 10.0. The van der Waals surface area contributed by atoms with Gasteiger partial charge < -0.3 is 4.74 Å². The Morgan fingerprint density at radius 3 is 2.89 bits per heavy atom. The van der Waals surface area contributed by atoms with Gasteiger partial charge in [-0.25, -0.2) is 18.5 Å². The number of nitrogens with zero attached hydrogens (tertiary/aromatic N) is 2. The van der Waals surface area contributed by atoms with E-state index in [-0.39, 0.29) is 5.92 Å². The van der Waals surface area contributed by atoms with Crippen LogP contribution in [0.1, 0.15) is 17.3 Å². The van der Waals surface area contributed by atoms with Crippen LogP contribution in [-0.4, -0.2) is 30.2 Å². The second-order valence-electron chi connectivity index (χ2n) is 3.95. The number of nitrogens with two attached hydrogens (primary N) is 1. The Hall–Kier alpha value is -1.93. The van der Waals surface area contributed by atoms with E-state index in [0.29, 0.717) is 12.4 Å². The van der Waals surface area contributed by atoms with Crippen LogP contribution in [0.5, 0.6) is 5.75 Å². The number of hydrogen-bond acceptors (Lipinski definition) is 5. The summed E-state index contributed by atoms with van der Waals surface area (Å²) in [4.78, 5) is 3.90. The molecule has 1 unspecified atom stereocenters. The van der Waals surface area contributed by atoms with Crippen molar-refractivity contribution in [1.29, 1.82) is 0 Å². The van der Waals surface area contributed by atoms with Crippen LogP contribution in [0.25, 0.3) is 0 Å². The van der Waals surface area contributed by atoms with Gasteiger partial charge in [0.2, 0.25) is 0 Å². The number of aromatic nitrogens is 3. The van der Waals surface area contributed by atoms with E-state index in [1.54, 1.807) is 0 Å². The topological polar surface area (TPSA) is 111 Å². The van der Waals surface area contributed by atoms with Crippen LogP contribution in [0.2, 0.25) is 0 Å². The average molecular weight is 266 g/mol. The molecule has 1 aliphatic heterocycles. The zero-order chi connectivity index (χ0) is 12.8. The highest BCUT2D eigenvalue weighted by molar-refractivity contribution is 7.89. The number of nitrogens with one attached hydrogen (secondary N) is 1. The van der Waals surface area contributed by atoms with Crippen molar-refractivity contribution in [3.05, 3.63) is 35.7 Å². The van der Waals surface area contributed by atoms with Crippen LogP contribution in [0.4, 0.5) is 0 Å². The molecule has 3 N–H and O–H groups in total. The number of ether oxygens (including phenoxy) is 1. The second-order valence-corrected chi connectivity index (χ2v) is 5.40. The molecule has 1 aromatic heterocycles. The third kappa shape index (κ3) is 1.75. The summed E-state index contributed by atoms with van der Waals surface area (Å²) in [6.07, 6.45) is 0. The Labute approximate surface area is 103 Å². The summed E-state index contributed by atoms with van der Waals surface area (Å²) in [5.41, 5.74) is 0.953. The maximum atomic E-state index is 11.1. The van der Waals surface area contributed by atoms with E-state index in [4.69, 9.17) is 9.88 Å². The predicted octanol–water partition coefficient (Wildman–Crippen LogP) is -0.0236. The number of benzene rings is 1. The standard InChI is InChI=1S/C10H10N4O3S/c11-18(15,16)10-12-9(13-14-10)7-5-17-8-4-2-1-3-6(7)8/h1-4,7H,5H2,(H2,11,15,16)(H,12,13,14). The number of rotatable bonds is 2. The summed E-state index contributed by atoms with van der Waals surface area (Å²) >= 11 is 0. The van der Waals surface area contributed by atoms with E-state index < -0.39 is 15.2 Å². The second kappa shape index (κ2) is 3.79. The van der Waals surface area contributed by atoms with Crippen molar-refractivity contribution in [1.82, 2.24) is 15.2 Å². The van der Waals surface area contributed by atoms with E-state index in [1.807, 2.05) is 24.3 Å². The fourth-order valence-corrected chi connectivity index (χ4v) is 2.33. The molecule has 0 radical (unpaired) electrons. The van der Waals surface area contributed by atoms with Crippen LogP contribution in [-0.2, 0) is 10.0 Å². The number of primary sulfonamides is 1. The molecule has 94 valence electrons. The minimum Gasteiger partial charge on any atom is -0.492 e. The first-order valence-corrected chi connectivity index (χ1v) is 6.77. The van der Waals surface area contributed by atoms with Crippen LogP contribution < -0.4 is 9.88 Å². The lowest BCUT2D eigenvalue weighted by atomic mass is 10.0. The normalized spacial score (nSPS) is 18.4. The molecule has 0 saturated heterocycles. The van der Waals surface area contributed by atoms with Crippen molar-refractivity contribution in [3.8, 4) is 5.75 Å². The third-order valence-corrected chi connectivity index (χ3v) is 3.46. The molecule has 0 fully saturated rings. The highest BCUT2D eigenvalue weighted by Gasteiger charge is 2.29. The molecule has 0 amide bonds. The van der Waals surface area contributed by atoms with Crippen molar-refractivity contribution in [2.45, 2.75) is 11.1 Å². The largest absolute Gasteiger partial charge is 0.492 e. The van der Waals surface area contributed by atoms with Crippen molar-refractivity contribution in [3.63, 3.8) is 0 Å². The molecular weight excluding hydrogens is 256 g/mol. The van der Waals surface area contributed by atoms with Crippen molar-refractivity contribution in [2.75, 3.05) is 6.61 Å². The third-order valence-electron chi connectivity index (χ3n) is 2.77. The lowest BCUT2D eigenvalue weighted by Gasteiger charge is -2.03. The van der Waals surface area contributed by atoms with Crippen LogP contribution in [0, 0.1) is 0 Å². The average Bonchev–Trinajstić information content (AvgIpc) is 2.94. The number of H-pyrrole nitrogens is 1. The molecule has 0 bridgehead atoms. The molecular formula is C10H10N4O3S. The molecule has 0 aliphatic carbocycles. The van der Waals surface area contributed by atoms with E-state index in [0.717, 1.165) is 11.3 Å². The fraction of sp³-hybridized carbons (Fsp3) is 0.200. The molecule has 2 heterocycles. The SMILES string of the molecule is NS(=O)(=O)c1n[nH]c(C2COc3ccccc32)n1. The number of para-hydroxylation sites is 1. The van der Waals surface area contributed by atoms with E-state index in [1.165, 1.54) is 0 Å². The molecule has 2 aromatic rings. The van der Waals surface area contributed by atoms with Gasteiger partial charge in [-0.3, -0.25) is 5.10 Å². The maximum absolute atomic E-state index is 11.1. The molecule has 7 nitrogen and oxygen atoms in total. The van der Waals surface area contributed by atoms with Crippen molar-refractivity contribution in [2.24, 2.45) is 5.14 Å². The molecule has 18 heavy (non-hydrogen) atoms. The lowest BCUT2D eigenvalue weighted by molar-refractivity contribution is 0.340. The Morgan fingerprint density at radius 1 is 1.39 bits per heavy atom. The summed E-state index contributed by atoms with van der Waals surface area (Å²) in [5, 5.41) is 10.8. The van der Waals surface area contributed by atoms with Crippen molar-refractivity contribution >= 4 is 10.0 Å². The van der Waals surface area contributed by atoms with E-state index >= 15 is 0 Å². The Bertz CT molecular complexity index is 695. The van der Waals surface area contributed by atoms with E-state index in [2.05, 4.69) is 15.2 Å². The van der Waals surface area contributed by atoms with E-state index in [9.17, 15) is 8.42 Å². The number of hydrogen-bond donors (Lipinski definition) is 2. The first-order valence-electron chi connectivity index (χ1n) is 5.22. The Balaban J connectivity index is 2.01.